The van der Waals surface area contributed by atoms with Gasteiger partial charge in [-0.05, 0) is 66.4 Å². The Balaban J connectivity index is 1.27. The van der Waals surface area contributed by atoms with Crippen molar-refractivity contribution in [3.63, 3.8) is 0 Å². The molecule has 3 aromatic carbocycles. The van der Waals surface area contributed by atoms with Gasteiger partial charge in [0.25, 0.3) is 5.91 Å². The Morgan fingerprint density at radius 1 is 1.00 bits per heavy atom. The van der Waals surface area contributed by atoms with Crippen LogP contribution in [0.15, 0.2) is 83.4 Å². The summed E-state index contributed by atoms with van der Waals surface area (Å²) in [5.41, 5.74) is 6.46. The van der Waals surface area contributed by atoms with Crippen LogP contribution in [0, 0.1) is 0 Å². The van der Waals surface area contributed by atoms with Crippen LogP contribution < -0.4 is 9.64 Å². The number of carbonyl (C=O) groups excluding carboxylic acids is 1. The van der Waals surface area contributed by atoms with E-state index in [2.05, 4.69) is 22.0 Å². The minimum absolute atomic E-state index is 0.285. The Bertz CT molecular complexity index is 1420. The normalized spacial score (nSPS) is 12.8. The number of anilines is 1. The first-order valence-electron chi connectivity index (χ1n) is 11.3. The lowest BCUT2D eigenvalue weighted by atomic mass is 9.88. The first-order chi connectivity index (χ1) is 17.3. The van der Waals surface area contributed by atoms with Crippen LogP contribution in [0.2, 0.25) is 0 Å². The van der Waals surface area contributed by atoms with E-state index in [-0.39, 0.29) is 11.7 Å². The van der Waals surface area contributed by atoms with E-state index < -0.39 is 6.36 Å². The number of hydrogen-bond acceptors (Lipinski definition) is 4. The second kappa shape index (κ2) is 9.37. The number of ether oxygens (including phenoxy) is 1. The third kappa shape index (κ3) is 4.88. The Morgan fingerprint density at radius 2 is 1.72 bits per heavy atom. The van der Waals surface area contributed by atoms with Gasteiger partial charge in [-0.25, -0.2) is 0 Å². The molecule has 0 unspecified atom stereocenters. The first kappa shape index (κ1) is 23.4. The van der Waals surface area contributed by atoms with Crippen molar-refractivity contribution in [1.29, 1.82) is 0 Å². The van der Waals surface area contributed by atoms with Crippen LogP contribution in [-0.2, 0) is 17.6 Å². The van der Waals surface area contributed by atoms with Gasteiger partial charge in [0.05, 0.1) is 0 Å². The molecule has 0 spiro atoms. The zero-order valence-electron chi connectivity index (χ0n) is 19.3. The van der Waals surface area contributed by atoms with Gasteiger partial charge in [-0.3, -0.25) is 4.79 Å². The van der Waals surface area contributed by atoms with Crippen LogP contribution in [0.4, 0.5) is 18.9 Å². The highest BCUT2D eigenvalue weighted by Gasteiger charge is 2.31. The molecule has 0 saturated carbocycles. The summed E-state index contributed by atoms with van der Waals surface area (Å²) in [5.74, 6) is 0.130. The lowest BCUT2D eigenvalue weighted by molar-refractivity contribution is -0.274. The highest BCUT2D eigenvalue weighted by molar-refractivity contribution is 6.03. The third-order valence-corrected chi connectivity index (χ3v) is 6.08. The van der Waals surface area contributed by atoms with Crippen LogP contribution >= 0.6 is 0 Å². The number of amides is 1. The molecule has 5 rings (SSSR count). The van der Waals surface area contributed by atoms with E-state index in [0.29, 0.717) is 11.3 Å². The second-order valence-electron chi connectivity index (χ2n) is 8.39. The van der Waals surface area contributed by atoms with Crippen molar-refractivity contribution in [3.8, 4) is 28.3 Å². The summed E-state index contributed by atoms with van der Waals surface area (Å²) in [5, 5.41) is 4.32. The fourth-order valence-electron chi connectivity index (χ4n) is 4.23. The number of nitrogens with zero attached hydrogens (tertiary/aromatic N) is 2. The highest BCUT2D eigenvalue weighted by Crippen LogP contribution is 2.38. The quantitative estimate of drug-likeness (QED) is 0.293. The van der Waals surface area contributed by atoms with Crippen molar-refractivity contribution in [2.24, 2.45) is 0 Å². The Hall–Kier alpha value is -4.33. The molecule has 0 atom stereocenters. The third-order valence-electron chi connectivity index (χ3n) is 6.08. The van der Waals surface area contributed by atoms with Crippen LogP contribution in [-0.4, -0.2) is 24.5 Å². The average Bonchev–Trinajstić information content (AvgIpc) is 3.31. The topological polar surface area (TPSA) is 55.6 Å². The van der Waals surface area contributed by atoms with Crippen LogP contribution in [0.5, 0.6) is 5.75 Å². The molecule has 0 saturated heterocycles. The smallest absolute Gasteiger partial charge is 0.406 e. The van der Waals surface area contributed by atoms with Gasteiger partial charge in [-0.2, -0.15) is 0 Å². The van der Waals surface area contributed by atoms with Crippen molar-refractivity contribution in [2.75, 3.05) is 11.9 Å². The van der Waals surface area contributed by atoms with Gasteiger partial charge in [-0.1, -0.05) is 41.6 Å². The molecule has 0 fully saturated rings. The van der Waals surface area contributed by atoms with Crippen LogP contribution in [0.1, 0.15) is 16.7 Å². The maximum Gasteiger partial charge on any atom is 0.573 e. The Morgan fingerprint density at radius 3 is 2.44 bits per heavy atom. The molecule has 1 amide bonds. The van der Waals surface area contributed by atoms with E-state index in [9.17, 15) is 18.0 Å². The summed E-state index contributed by atoms with van der Waals surface area (Å²) in [6, 6.07) is 20.9. The molecule has 0 radical (unpaired) electrons. The number of aryl methyl sites for hydroxylation is 1. The zero-order chi connectivity index (χ0) is 25.3. The SMILES string of the molecule is CN(C(=O)/C=C/c1ccc(OC(F)(F)F)cc1)c1ccc(-c2onc3c2CCc2ccccc2-3)cc1. The largest absolute Gasteiger partial charge is 0.573 e. The van der Waals surface area contributed by atoms with Gasteiger partial charge >= 0.3 is 6.36 Å². The molecule has 1 aromatic heterocycles. The molecule has 182 valence electrons. The molecule has 1 aliphatic carbocycles. The summed E-state index contributed by atoms with van der Waals surface area (Å²) in [6.07, 6.45) is -0.0820. The maximum absolute atomic E-state index is 12.6. The number of aromatic nitrogens is 1. The number of alkyl halides is 3. The van der Waals surface area contributed by atoms with Crippen molar-refractivity contribution in [2.45, 2.75) is 19.2 Å². The number of halogens is 3. The molecule has 36 heavy (non-hydrogen) atoms. The molecular weight excluding hydrogens is 469 g/mol. The number of hydrogen-bond donors (Lipinski definition) is 0. The zero-order valence-corrected chi connectivity index (χ0v) is 19.3. The van der Waals surface area contributed by atoms with E-state index in [1.807, 2.05) is 36.4 Å². The molecule has 4 aromatic rings. The standard InChI is InChI=1S/C28H21F3N2O3/c1-33(25(34)17-8-18-6-14-22(15-7-18)35-28(29,30)31)21-12-9-20(10-13-21)27-24-16-11-19-4-2-3-5-23(19)26(24)32-36-27/h2-10,12-15,17H,11,16H2,1H3/b17-8+. The van der Waals surface area contributed by atoms with Gasteiger partial charge in [0, 0.05) is 35.5 Å². The van der Waals surface area contributed by atoms with E-state index in [1.54, 1.807) is 7.05 Å². The van der Waals surface area contributed by atoms with Gasteiger partial charge in [0.15, 0.2) is 5.76 Å². The van der Waals surface area contributed by atoms with Gasteiger partial charge in [0.1, 0.15) is 11.4 Å². The van der Waals surface area contributed by atoms with E-state index in [1.165, 1.54) is 46.9 Å². The number of fused-ring (bicyclic) bond motifs is 3. The number of carbonyl (C=O) groups is 1. The summed E-state index contributed by atoms with van der Waals surface area (Å²) in [6.45, 7) is 0. The second-order valence-corrected chi connectivity index (χ2v) is 8.39. The summed E-state index contributed by atoms with van der Waals surface area (Å²) >= 11 is 0. The Kier molecular flexibility index (Phi) is 6.10. The van der Waals surface area contributed by atoms with Crippen molar-refractivity contribution < 1.29 is 27.2 Å². The summed E-state index contributed by atoms with van der Waals surface area (Å²) in [4.78, 5) is 14.1. The molecule has 1 aliphatic rings. The minimum atomic E-state index is -4.75. The van der Waals surface area contributed by atoms with E-state index >= 15 is 0 Å². The number of rotatable bonds is 5. The molecule has 8 heteroatoms. The van der Waals surface area contributed by atoms with E-state index in [4.69, 9.17) is 4.52 Å². The molecular formula is C28H21F3N2O3. The molecule has 5 nitrogen and oxygen atoms in total. The molecule has 0 aliphatic heterocycles. The molecule has 0 N–H and O–H groups in total. The van der Waals surface area contributed by atoms with Crippen molar-refractivity contribution in [1.82, 2.24) is 5.16 Å². The first-order valence-corrected chi connectivity index (χ1v) is 11.3. The maximum atomic E-state index is 12.6. The average molecular weight is 490 g/mol. The van der Waals surface area contributed by atoms with Crippen LogP contribution in [0.25, 0.3) is 28.7 Å². The van der Waals surface area contributed by atoms with Gasteiger partial charge in [-0.15, -0.1) is 13.2 Å². The minimum Gasteiger partial charge on any atom is -0.406 e. The predicted molar refractivity (Wildman–Crippen MR) is 130 cm³/mol. The van der Waals surface area contributed by atoms with Gasteiger partial charge in [0.2, 0.25) is 0 Å². The van der Waals surface area contributed by atoms with Crippen molar-refractivity contribution in [3.05, 3.63) is 95.6 Å². The predicted octanol–water partition coefficient (Wildman–Crippen LogP) is 6.68. The van der Waals surface area contributed by atoms with Crippen molar-refractivity contribution >= 4 is 17.7 Å². The summed E-state index contributed by atoms with van der Waals surface area (Å²) < 4.78 is 46.4. The van der Waals surface area contributed by atoms with Crippen LogP contribution in [0.3, 0.4) is 0 Å². The fraction of sp³-hybridized carbons (Fsp3) is 0.143. The lowest BCUT2D eigenvalue weighted by Gasteiger charge is -2.16. The van der Waals surface area contributed by atoms with Gasteiger partial charge < -0.3 is 14.2 Å². The highest BCUT2D eigenvalue weighted by atomic mass is 19.4. The van der Waals surface area contributed by atoms with E-state index in [0.717, 1.165) is 41.0 Å². The Labute approximate surface area is 205 Å². The monoisotopic (exact) mass is 490 g/mol. The number of benzene rings is 3. The number of likely N-dealkylation sites (N-methyl/N-ethyl adjacent to an activating group) is 1. The summed E-state index contributed by atoms with van der Waals surface area (Å²) in [7, 11) is 1.65. The lowest BCUT2D eigenvalue weighted by Crippen LogP contribution is -2.23. The molecule has 1 heterocycles. The molecule has 0 bridgehead atoms. The fourth-order valence-corrected chi connectivity index (χ4v) is 4.23.